The first-order chi connectivity index (χ1) is 9.86. The van der Waals surface area contributed by atoms with Gasteiger partial charge in [0.2, 0.25) is 0 Å². The van der Waals surface area contributed by atoms with Gasteiger partial charge in [-0.25, -0.2) is 0 Å². The predicted octanol–water partition coefficient (Wildman–Crippen LogP) is 4.74. The highest BCUT2D eigenvalue weighted by molar-refractivity contribution is 7.80. The Bertz CT molecular complexity index is 298. The summed E-state index contributed by atoms with van der Waals surface area (Å²) >= 11 is 5.58. The second-order valence-corrected chi connectivity index (χ2v) is 7.99. The van der Waals surface area contributed by atoms with Crippen molar-refractivity contribution in [2.24, 2.45) is 23.7 Å². The van der Waals surface area contributed by atoms with Gasteiger partial charge in [0.1, 0.15) is 0 Å². The molecular weight excluding hydrogens is 276 g/mol. The predicted molar refractivity (Wildman–Crippen MR) is 97.5 cm³/mol. The molecule has 0 aliphatic heterocycles. The summed E-state index contributed by atoms with van der Waals surface area (Å²) in [5.74, 6) is 2.93. The second-order valence-electron chi connectivity index (χ2n) is 7.58. The van der Waals surface area contributed by atoms with Crippen LogP contribution in [0.2, 0.25) is 0 Å². The molecule has 0 saturated heterocycles. The van der Waals surface area contributed by atoms with Gasteiger partial charge in [0.05, 0.1) is 0 Å². The molecule has 1 aliphatic rings. The van der Waals surface area contributed by atoms with Gasteiger partial charge >= 0.3 is 0 Å². The standard InChI is InChI=1S/C18H36N2S/c1-7-9-14(6)19-18(21)20-17-15(12(2)3)10-8-11-16(17)13(4)5/h12-17H,7-11H2,1-6H3,(H2,19,20,21). The van der Waals surface area contributed by atoms with E-state index in [1.54, 1.807) is 0 Å². The average molecular weight is 313 g/mol. The summed E-state index contributed by atoms with van der Waals surface area (Å²) in [6.45, 7) is 13.9. The Balaban J connectivity index is 2.69. The molecule has 2 N–H and O–H groups in total. The van der Waals surface area contributed by atoms with Crippen LogP contribution in [-0.4, -0.2) is 17.2 Å². The van der Waals surface area contributed by atoms with Crippen molar-refractivity contribution in [1.29, 1.82) is 0 Å². The van der Waals surface area contributed by atoms with E-state index in [-0.39, 0.29) is 0 Å². The molecule has 1 aliphatic carbocycles. The summed E-state index contributed by atoms with van der Waals surface area (Å²) in [6.07, 6.45) is 6.42. The Labute approximate surface area is 137 Å². The zero-order valence-electron chi connectivity index (χ0n) is 14.9. The van der Waals surface area contributed by atoms with Crippen LogP contribution >= 0.6 is 12.2 Å². The lowest BCUT2D eigenvalue weighted by molar-refractivity contribution is 0.127. The minimum atomic E-state index is 0.466. The van der Waals surface area contributed by atoms with Gasteiger partial charge in [-0.2, -0.15) is 0 Å². The number of rotatable bonds is 6. The molecule has 124 valence electrons. The zero-order valence-corrected chi connectivity index (χ0v) is 15.7. The van der Waals surface area contributed by atoms with Gasteiger partial charge in [0, 0.05) is 12.1 Å². The smallest absolute Gasteiger partial charge is 0.166 e. The van der Waals surface area contributed by atoms with Crippen LogP contribution in [0, 0.1) is 23.7 Å². The zero-order chi connectivity index (χ0) is 16.0. The summed E-state index contributed by atoms with van der Waals surface area (Å²) < 4.78 is 0. The summed E-state index contributed by atoms with van der Waals surface area (Å²) in [4.78, 5) is 0. The average Bonchev–Trinajstić information content (AvgIpc) is 2.38. The Hall–Kier alpha value is -0.310. The molecule has 0 heterocycles. The maximum Gasteiger partial charge on any atom is 0.166 e. The van der Waals surface area contributed by atoms with Crippen molar-refractivity contribution in [3.05, 3.63) is 0 Å². The van der Waals surface area contributed by atoms with Crippen LogP contribution in [0.1, 0.15) is 73.6 Å². The largest absolute Gasteiger partial charge is 0.360 e. The van der Waals surface area contributed by atoms with Crippen LogP contribution in [0.3, 0.4) is 0 Å². The molecule has 21 heavy (non-hydrogen) atoms. The molecular formula is C18H36N2S. The van der Waals surface area contributed by atoms with Gasteiger partial charge in [-0.1, -0.05) is 47.5 Å². The van der Waals surface area contributed by atoms with E-state index >= 15 is 0 Å². The Kier molecular flexibility index (Phi) is 8.00. The molecule has 3 unspecified atom stereocenters. The van der Waals surface area contributed by atoms with Crippen molar-refractivity contribution >= 4 is 17.3 Å². The lowest BCUT2D eigenvalue weighted by atomic mass is 9.68. The molecule has 1 saturated carbocycles. The van der Waals surface area contributed by atoms with Gasteiger partial charge in [-0.05, 0) is 62.1 Å². The molecule has 2 nitrogen and oxygen atoms in total. The van der Waals surface area contributed by atoms with Gasteiger partial charge in [-0.3, -0.25) is 0 Å². The Morgan fingerprint density at radius 3 is 2.00 bits per heavy atom. The van der Waals surface area contributed by atoms with Gasteiger partial charge < -0.3 is 10.6 Å². The molecule has 0 aromatic carbocycles. The molecule has 0 amide bonds. The minimum absolute atomic E-state index is 0.466. The number of thiocarbonyl (C=S) groups is 1. The van der Waals surface area contributed by atoms with Crippen LogP contribution in [0.4, 0.5) is 0 Å². The van der Waals surface area contributed by atoms with E-state index in [4.69, 9.17) is 12.2 Å². The molecule has 0 radical (unpaired) electrons. The topological polar surface area (TPSA) is 24.1 Å². The van der Waals surface area contributed by atoms with Crippen molar-refractivity contribution in [3.8, 4) is 0 Å². The highest BCUT2D eigenvalue weighted by Crippen LogP contribution is 2.37. The molecule has 3 heteroatoms. The van der Waals surface area contributed by atoms with Crippen LogP contribution in [-0.2, 0) is 0 Å². The molecule has 1 fully saturated rings. The van der Waals surface area contributed by atoms with Crippen molar-refractivity contribution in [1.82, 2.24) is 10.6 Å². The van der Waals surface area contributed by atoms with Crippen LogP contribution < -0.4 is 10.6 Å². The maximum atomic E-state index is 5.58. The van der Waals surface area contributed by atoms with E-state index in [9.17, 15) is 0 Å². The van der Waals surface area contributed by atoms with E-state index in [2.05, 4.69) is 52.2 Å². The highest BCUT2D eigenvalue weighted by atomic mass is 32.1. The molecule has 0 spiro atoms. The first-order valence-electron chi connectivity index (χ1n) is 8.93. The van der Waals surface area contributed by atoms with Gasteiger partial charge in [0.15, 0.2) is 5.11 Å². The van der Waals surface area contributed by atoms with Crippen molar-refractivity contribution in [3.63, 3.8) is 0 Å². The highest BCUT2D eigenvalue weighted by Gasteiger charge is 2.36. The van der Waals surface area contributed by atoms with Gasteiger partial charge in [-0.15, -0.1) is 0 Å². The summed E-state index contributed by atoms with van der Waals surface area (Å²) in [5, 5.41) is 8.02. The van der Waals surface area contributed by atoms with Crippen LogP contribution in [0.25, 0.3) is 0 Å². The van der Waals surface area contributed by atoms with Crippen molar-refractivity contribution in [2.45, 2.75) is 85.7 Å². The van der Waals surface area contributed by atoms with E-state index in [0.29, 0.717) is 12.1 Å². The first-order valence-corrected chi connectivity index (χ1v) is 9.34. The third kappa shape index (κ3) is 5.77. The van der Waals surface area contributed by atoms with Crippen LogP contribution in [0.15, 0.2) is 0 Å². The summed E-state index contributed by atoms with van der Waals surface area (Å²) in [6, 6.07) is 1.00. The minimum Gasteiger partial charge on any atom is -0.360 e. The van der Waals surface area contributed by atoms with E-state index in [1.165, 1.54) is 32.1 Å². The quantitative estimate of drug-likeness (QED) is 0.693. The molecule has 0 aromatic rings. The monoisotopic (exact) mass is 312 g/mol. The van der Waals surface area contributed by atoms with Gasteiger partial charge in [0.25, 0.3) is 0 Å². The summed E-state index contributed by atoms with van der Waals surface area (Å²) in [7, 11) is 0. The third-order valence-electron chi connectivity index (χ3n) is 5.11. The maximum absolute atomic E-state index is 5.58. The third-order valence-corrected chi connectivity index (χ3v) is 5.34. The SMILES string of the molecule is CCCC(C)NC(=S)NC1C(C(C)C)CCCC1C(C)C. The fraction of sp³-hybridized carbons (Fsp3) is 0.944. The normalized spacial score (nSPS) is 27.7. The molecule has 1 rings (SSSR count). The van der Waals surface area contributed by atoms with Crippen LogP contribution in [0.5, 0.6) is 0 Å². The lowest BCUT2D eigenvalue weighted by Crippen LogP contribution is -2.54. The number of nitrogens with one attached hydrogen (secondary N) is 2. The molecule has 0 aromatic heterocycles. The fourth-order valence-corrected chi connectivity index (χ4v) is 4.24. The van der Waals surface area contributed by atoms with E-state index in [1.807, 2.05) is 0 Å². The fourth-order valence-electron chi connectivity index (χ4n) is 3.90. The van der Waals surface area contributed by atoms with Crippen molar-refractivity contribution in [2.75, 3.05) is 0 Å². The second kappa shape index (κ2) is 8.97. The first kappa shape index (κ1) is 18.7. The molecule has 0 bridgehead atoms. The van der Waals surface area contributed by atoms with E-state index in [0.717, 1.165) is 28.8 Å². The number of hydrogen-bond donors (Lipinski definition) is 2. The summed E-state index contributed by atoms with van der Waals surface area (Å²) in [5.41, 5.74) is 0. The van der Waals surface area contributed by atoms with E-state index < -0.39 is 0 Å². The Morgan fingerprint density at radius 2 is 1.57 bits per heavy atom. The lowest BCUT2D eigenvalue weighted by Gasteiger charge is -2.43. The number of hydrogen-bond acceptors (Lipinski definition) is 1. The Morgan fingerprint density at radius 1 is 1.05 bits per heavy atom. The van der Waals surface area contributed by atoms with Crippen molar-refractivity contribution < 1.29 is 0 Å². The molecule has 3 atom stereocenters.